The molecule has 1 aliphatic heterocycles. The fourth-order valence-corrected chi connectivity index (χ4v) is 2.79. The lowest BCUT2D eigenvalue weighted by Gasteiger charge is -2.17. The number of carbonyl (C=O) groups excluding carboxylic acids is 1. The third kappa shape index (κ3) is 3.51. The van der Waals surface area contributed by atoms with Gasteiger partial charge in [-0.15, -0.1) is 0 Å². The molecule has 1 amide bonds. The predicted molar refractivity (Wildman–Crippen MR) is 92.4 cm³/mol. The SMILES string of the molecule is COc1nc(N[C@@H]2CCN(C(=O)c3ccc(N)cc3)C2)ncc1Cl. The molecule has 0 unspecified atom stereocenters. The number of likely N-dealkylation sites (tertiary alicyclic amines) is 1. The van der Waals surface area contributed by atoms with Crippen molar-refractivity contribution >= 4 is 29.1 Å². The molecule has 0 radical (unpaired) electrons. The number of amides is 1. The summed E-state index contributed by atoms with van der Waals surface area (Å²) < 4.78 is 5.08. The van der Waals surface area contributed by atoms with Gasteiger partial charge in [-0.3, -0.25) is 4.79 Å². The van der Waals surface area contributed by atoms with Gasteiger partial charge in [0.15, 0.2) is 0 Å². The van der Waals surface area contributed by atoms with E-state index < -0.39 is 0 Å². The van der Waals surface area contributed by atoms with Crippen LogP contribution in [0.1, 0.15) is 16.8 Å². The van der Waals surface area contributed by atoms with Crippen molar-refractivity contribution in [2.75, 3.05) is 31.2 Å². The van der Waals surface area contributed by atoms with Gasteiger partial charge < -0.3 is 20.7 Å². The number of nitrogen functional groups attached to an aromatic ring is 1. The fourth-order valence-electron chi connectivity index (χ4n) is 2.62. The summed E-state index contributed by atoms with van der Waals surface area (Å²) in [6.45, 7) is 1.25. The second-order valence-corrected chi connectivity index (χ2v) is 5.96. The third-order valence-electron chi connectivity index (χ3n) is 3.87. The van der Waals surface area contributed by atoms with Gasteiger partial charge in [0.05, 0.1) is 13.3 Å². The molecule has 3 rings (SSSR count). The van der Waals surface area contributed by atoms with Crippen LogP contribution in [-0.4, -0.2) is 47.0 Å². The number of carbonyl (C=O) groups is 1. The normalized spacial score (nSPS) is 16.9. The molecule has 7 nitrogen and oxygen atoms in total. The van der Waals surface area contributed by atoms with Gasteiger partial charge >= 0.3 is 0 Å². The van der Waals surface area contributed by atoms with E-state index in [0.717, 1.165) is 6.42 Å². The third-order valence-corrected chi connectivity index (χ3v) is 4.13. The Labute approximate surface area is 144 Å². The molecule has 0 spiro atoms. The van der Waals surface area contributed by atoms with Crippen LogP contribution in [0, 0.1) is 0 Å². The van der Waals surface area contributed by atoms with Crippen molar-refractivity contribution in [2.45, 2.75) is 12.5 Å². The summed E-state index contributed by atoms with van der Waals surface area (Å²) in [5.41, 5.74) is 6.93. The van der Waals surface area contributed by atoms with Crippen molar-refractivity contribution in [2.24, 2.45) is 0 Å². The Morgan fingerprint density at radius 3 is 2.88 bits per heavy atom. The largest absolute Gasteiger partial charge is 0.480 e. The molecule has 3 N–H and O–H groups in total. The van der Waals surface area contributed by atoms with E-state index in [-0.39, 0.29) is 11.9 Å². The minimum atomic E-state index is -0.00564. The number of benzene rings is 1. The van der Waals surface area contributed by atoms with Crippen LogP contribution in [0.25, 0.3) is 0 Å². The molecule has 1 atom stereocenters. The van der Waals surface area contributed by atoms with Crippen LogP contribution < -0.4 is 15.8 Å². The maximum Gasteiger partial charge on any atom is 0.253 e. The van der Waals surface area contributed by atoms with Gasteiger partial charge in [-0.25, -0.2) is 4.98 Å². The zero-order valence-electron chi connectivity index (χ0n) is 13.2. The molecule has 24 heavy (non-hydrogen) atoms. The molecule has 0 bridgehead atoms. The maximum absolute atomic E-state index is 12.5. The van der Waals surface area contributed by atoms with E-state index in [1.165, 1.54) is 13.3 Å². The van der Waals surface area contributed by atoms with E-state index in [1.807, 2.05) is 0 Å². The van der Waals surface area contributed by atoms with Gasteiger partial charge in [0.2, 0.25) is 11.8 Å². The Morgan fingerprint density at radius 1 is 1.42 bits per heavy atom. The van der Waals surface area contributed by atoms with Crippen LogP contribution in [0.15, 0.2) is 30.5 Å². The van der Waals surface area contributed by atoms with Crippen molar-refractivity contribution < 1.29 is 9.53 Å². The summed E-state index contributed by atoms with van der Waals surface area (Å²) in [6, 6.07) is 7.02. The van der Waals surface area contributed by atoms with Crippen molar-refractivity contribution in [3.05, 3.63) is 41.0 Å². The molecule has 1 aromatic heterocycles. The zero-order valence-corrected chi connectivity index (χ0v) is 14.0. The van der Waals surface area contributed by atoms with Gasteiger partial charge in [-0.1, -0.05) is 11.6 Å². The molecular weight excluding hydrogens is 330 g/mol. The Morgan fingerprint density at radius 2 is 2.17 bits per heavy atom. The molecule has 8 heteroatoms. The lowest BCUT2D eigenvalue weighted by molar-refractivity contribution is 0.0791. The smallest absolute Gasteiger partial charge is 0.253 e. The molecule has 1 aromatic carbocycles. The van der Waals surface area contributed by atoms with Crippen LogP contribution in [0.2, 0.25) is 5.02 Å². The van der Waals surface area contributed by atoms with E-state index in [9.17, 15) is 4.79 Å². The highest BCUT2D eigenvalue weighted by Crippen LogP contribution is 2.23. The van der Waals surface area contributed by atoms with Crippen molar-refractivity contribution in [1.29, 1.82) is 0 Å². The lowest BCUT2D eigenvalue weighted by Crippen LogP contribution is -2.31. The summed E-state index contributed by atoms with van der Waals surface area (Å²) in [5, 5.41) is 3.57. The number of nitrogens with zero attached hydrogens (tertiary/aromatic N) is 3. The molecule has 2 heterocycles. The number of hydrogen-bond acceptors (Lipinski definition) is 6. The summed E-state index contributed by atoms with van der Waals surface area (Å²) in [6.07, 6.45) is 2.30. The number of hydrogen-bond donors (Lipinski definition) is 2. The van der Waals surface area contributed by atoms with Gasteiger partial charge in [0, 0.05) is 30.4 Å². The Hall–Kier alpha value is -2.54. The van der Waals surface area contributed by atoms with Crippen LogP contribution >= 0.6 is 11.6 Å². The molecule has 2 aromatic rings. The van der Waals surface area contributed by atoms with E-state index in [2.05, 4.69) is 15.3 Å². The Bertz CT molecular complexity index is 738. The maximum atomic E-state index is 12.5. The van der Waals surface area contributed by atoms with Gasteiger partial charge in [0.25, 0.3) is 5.91 Å². The minimum Gasteiger partial charge on any atom is -0.480 e. The van der Waals surface area contributed by atoms with Gasteiger partial charge in [-0.2, -0.15) is 4.98 Å². The lowest BCUT2D eigenvalue weighted by atomic mass is 10.2. The molecule has 1 saturated heterocycles. The number of aromatic nitrogens is 2. The Kier molecular flexibility index (Phi) is 4.71. The summed E-state index contributed by atoms with van der Waals surface area (Å²) in [4.78, 5) is 22.6. The molecule has 126 valence electrons. The number of nitrogens with two attached hydrogens (primary N) is 1. The van der Waals surface area contributed by atoms with Crippen LogP contribution in [0.5, 0.6) is 5.88 Å². The van der Waals surface area contributed by atoms with Crippen molar-refractivity contribution in [3.63, 3.8) is 0 Å². The number of anilines is 2. The highest BCUT2D eigenvalue weighted by Gasteiger charge is 2.27. The van der Waals surface area contributed by atoms with Crippen LogP contribution in [0.3, 0.4) is 0 Å². The summed E-state index contributed by atoms with van der Waals surface area (Å²) in [7, 11) is 1.50. The molecular formula is C16H18ClN5O2. The van der Waals surface area contributed by atoms with E-state index >= 15 is 0 Å². The number of nitrogens with one attached hydrogen (secondary N) is 1. The van der Waals surface area contributed by atoms with Gasteiger partial charge in [-0.05, 0) is 30.7 Å². The van der Waals surface area contributed by atoms with Crippen LogP contribution in [-0.2, 0) is 0 Å². The summed E-state index contributed by atoms with van der Waals surface area (Å²) >= 11 is 5.92. The number of ether oxygens (including phenoxy) is 1. The predicted octanol–water partition coefficient (Wildman–Crippen LogP) is 2.05. The second-order valence-electron chi connectivity index (χ2n) is 5.55. The van der Waals surface area contributed by atoms with E-state index in [1.54, 1.807) is 29.2 Å². The zero-order chi connectivity index (χ0) is 17.1. The van der Waals surface area contributed by atoms with E-state index in [0.29, 0.717) is 41.2 Å². The molecule has 1 fully saturated rings. The number of rotatable bonds is 4. The molecule has 0 aliphatic carbocycles. The number of halogens is 1. The average molecular weight is 348 g/mol. The topological polar surface area (TPSA) is 93.4 Å². The standard InChI is InChI=1S/C16H18ClN5O2/c1-24-14-13(17)8-19-16(21-14)20-12-6-7-22(9-12)15(23)10-2-4-11(18)5-3-10/h2-5,8,12H,6-7,9,18H2,1H3,(H,19,20,21)/t12-/m1/s1. The summed E-state index contributed by atoms with van der Waals surface area (Å²) in [5.74, 6) is 0.749. The first-order valence-corrected chi connectivity index (χ1v) is 7.92. The monoisotopic (exact) mass is 347 g/mol. The highest BCUT2D eigenvalue weighted by molar-refractivity contribution is 6.31. The molecule has 0 saturated carbocycles. The molecule has 1 aliphatic rings. The van der Waals surface area contributed by atoms with Gasteiger partial charge in [0.1, 0.15) is 5.02 Å². The first-order chi connectivity index (χ1) is 11.6. The first-order valence-electron chi connectivity index (χ1n) is 7.54. The van der Waals surface area contributed by atoms with Crippen molar-refractivity contribution in [1.82, 2.24) is 14.9 Å². The second kappa shape index (κ2) is 6.92. The van der Waals surface area contributed by atoms with E-state index in [4.69, 9.17) is 22.1 Å². The van der Waals surface area contributed by atoms with Crippen molar-refractivity contribution in [3.8, 4) is 5.88 Å². The fraction of sp³-hybridized carbons (Fsp3) is 0.312. The highest BCUT2D eigenvalue weighted by atomic mass is 35.5. The minimum absolute atomic E-state index is 0.00564. The quantitative estimate of drug-likeness (QED) is 0.822. The average Bonchev–Trinajstić information content (AvgIpc) is 3.05. The first kappa shape index (κ1) is 16.3. The number of methoxy groups -OCH3 is 1. The van der Waals surface area contributed by atoms with Crippen LogP contribution in [0.4, 0.5) is 11.6 Å². The Balaban J connectivity index is 1.63.